The van der Waals surface area contributed by atoms with Crippen molar-refractivity contribution in [2.24, 2.45) is 27.9 Å². The van der Waals surface area contributed by atoms with E-state index in [0.717, 1.165) is 0 Å². The van der Waals surface area contributed by atoms with Crippen molar-refractivity contribution < 1.29 is 95.9 Å². The maximum Gasteiger partial charge on any atom is 0.303 e. The molecule has 0 heterocycles. The fraction of sp³-hybridized carbons (Fsp3) is 0.619. The Morgan fingerprint density at radius 1 is 0.385 bits per heavy atom. The molecule has 1 aromatic carbocycles. The number of carbonyl (C=O) groups excluding carboxylic acids is 16. The van der Waals surface area contributed by atoms with E-state index in [1.165, 1.54) is 107 Å². The van der Waals surface area contributed by atoms with E-state index in [1.807, 2.05) is 0 Å². The number of aliphatic imine (C=N–C) groups is 1. The van der Waals surface area contributed by atoms with E-state index in [4.69, 9.17) is 22.9 Å². The predicted molar refractivity (Wildman–Crippen MR) is 376 cm³/mol. The minimum absolute atomic E-state index is 0.00475. The number of carboxylic acid groups (broad SMARTS) is 1. The molecule has 1 rings (SSSR count). The molecule has 16 atom stereocenters. The van der Waals surface area contributed by atoms with Crippen LogP contribution in [0.5, 0.6) is 5.75 Å². The number of phenolic OH excluding ortho intramolecular Hbond substituents is 1. The number of benzene rings is 1. The largest absolute Gasteiger partial charge is 0.508 e. The molecule has 41 heteroatoms. The molecule has 1 aromatic rings. The highest BCUT2D eigenvalue weighted by molar-refractivity contribution is 7.84. The summed E-state index contributed by atoms with van der Waals surface area (Å²) in [6, 6.07) is -14.2. The molecule has 0 fully saturated rings. The van der Waals surface area contributed by atoms with Crippen molar-refractivity contribution in [1.29, 1.82) is 0 Å². The van der Waals surface area contributed by atoms with Crippen LogP contribution >= 0.6 is 0 Å². The molecule has 0 aromatic heterocycles. The van der Waals surface area contributed by atoms with Gasteiger partial charge >= 0.3 is 5.97 Å². The number of carbonyl (C=O) groups is 17. The topological polar surface area (TPSA) is 645 Å². The third-order valence-corrected chi connectivity index (χ3v) is 16.2. The normalized spacial score (nSPS) is 15.5. The van der Waals surface area contributed by atoms with Crippen molar-refractivity contribution in [3.63, 3.8) is 0 Å². The standard InChI is InChI=1S/C63H104N20O20S/c1-29(69-46(85)24-27-104(12)103)49(89)70-30(2)50(90)71-32(4)52(92)76-38(10)58(98)82-44(22-23-47(86)87)61(101)79-36(8)56(96)74-34(6)53(93)75-37(9)57(97)81-43(16-13-14-25-64)60(100)78-35(7)55(95)73-31(3)51(91)72-33(5)54(94)77-39(11)59(99)83-45(28-40-18-20-41(84)21-19-40)62(102)80-42(48(65)88)17-15-26-68-63(66)67/h18-21,29-39,42-45,84H,13-17,22-28,64H2,1-12H3,(H2,65,88)(H,69,85)(H,70,89)(H,71,90)(H,72,91)(H,73,95)(H,74,96)(H,75,93)(H,76,92)(H,77,94)(H,78,100)(H,79,101)(H,80,102)(H,81,97)(H,82,98)(H,83,99)(H,86,87)(H4,66,67,68)/t29-,30-,31-,32-,33-,34-,35-,36-,37-,38-,39-,42-,43-,44-,45-,104?/m0/s1. The molecule has 1 unspecified atom stereocenters. The number of nitrogens with zero attached hydrogens (tertiary/aromatic N) is 1. The van der Waals surface area contributed by atoms with Crippen LogP contribution in [0.3, 0.4) is 0 Å². The first-order valence-electron chi connectivity index (χ1n) is 33.4. The maximum absolute atomic E-state index is 13.7. The van der Waals surface area contributed by atoms with Gasteiger partial charge in [-0.15, -0.1) is 0 Å². The lowest BCUT2D eigenvalue weighted by molar-refractivity contribution is -0.138. The number of aromatic hydroxyl groups is 1. The van der Waals surface area contributed by atoms with E-state index in [9.17, 15) is 95.9 Å². The van der Waals surface area contributed by atoms with Gasteiger partial charge in [-0.1, -0.05) is 12.1 Å². The Bertz CT molecular complexity index is 3270. The zero-order valence-corrected chi connectivity index (χ0v) is 61.2. The van der Waals surface area contributed by atoms with E-state index in [-0.39, 0.29) is 62.7 Å². The molecule has 0 aliphatic heterocycles. The molecule has 0 radical (unpaired) electrons. The van der Waals surface area contributed by atoms with Gasteiger partial charge in [0, 0.05) is 48.6 Å². The number of rotatable bonds is 46. The second-order valence-corrected chi connectivity index (χ2v) is 26.4. The Labute approximate surface area is 603 Å². The summed E-state index contributed by atoms with van der Waals surface area (Å²) >= 11 is 0. The lowest BCUT2D eigenvalue weighted by Gasteiger charge is -2.25. The summed E-state index contributed by atoms with van der Waals surface area (Å²) in [4.78, 5) is 226. The van der Waals surface area contributed by atoms with Gasteiger partial charge in [0.25, 0.3) is 0 Å². The van der Waals surface area contributed by atoms with Gasteiger partial charge < -0.3 is 113 Å². The number of nitrogens with two attached hydrogens (primary N) is 4. The summed E-state index contributed by atoms with van der Waals surface area (Å²) in [5, 5.41) is 55.3. The summed E-state index contributed by atoms with van der Waals surface area (Å²) in [6.45, 7) is 14.3. The van der Waals surface area contributed by atoms with E-state index in [2.05, 4.69) is 84.7 Å². The lowest BCUT2D eigenvalue weighted by Crippen LogP contribution is -2.59. The van der Waals surface area contributed by atoms with Gasteiger partial charge in [0.1, 0.15) is 96.4 Å². The molecule has 0 saturated heterocycles. The number of carboxylic acids is 1. The summed E-state index contributed by atoms with van der Waals surface area (Å²) < 4.78 is 11.3. The molecular weight excluding hydrogens is 1390 g/mol. The van der Waals surface area contributed by atoms with Gasteiger partial charge in [-0.05, 0) is 139 Å². The summed E-state index contributed by atoms with van der Waals surface area (Å²) in [7, 11) is -1.24. The zero-order valence-electron chi connectivity index (χ0n) is 60.4. The first-order valence-corrected chi connectivity index (χ1v) is 35.1. The number of hydrogen-bond donors (Lipinski definition) is 21. The molecule has 25 N–H and O–H groups in total. The molecule has 40 nitrogen and oxygen atoms in total. The molecule has 0 bridgehead atoms. The number of hydrogen-bond acceptors (Lipinski definition) is 21. The van der Waals surface area contributed by atoms with E-state index < -0.39 is 215 Å². The van der Waals surface area contributed by atoms with Gasteiger partial charge in [0.05, 0.1) is 0 Å². The van der Waals surface area contributed by atoms with Crippen LogP contribution in [0.25, 0.3) is 0 Å². The fourth-order valence-electron chi connectivity index (χ4n) is 8.93. The summed E-state index contributed by atoms with van der Waals surface area (Å²) in [5.41, 5.74) is 22.4. The Balaban J connectivity index is 2.92. The number of aliphatic carboxylic acids is 1. The molecule has 0 aliphatic rings. The second-order valence-electron chi connectivity index (χ2n) is 24.8. The third kappa shape index (κ3) is 35.3. The molecule has 104 heavy (non-hydrogen) atoms. The zero-order chi connectivity index (χ0) is 79.4. The van der Waals surface area contributed by atoms with Crippen LogP contribution in [0, 0.1) is 0 Å². The average Bonchev–Trinajstić information content (AvgIpc) is 0.873. The molecule has 0 saturated carbocycles. The number of guanidine groups is 1. The van der Waals surface area contributed by atoms with Crippen molar-refractivity contribution in [2.75, 3.05) is 25.1 Å². The summed E-state index contributed by atoms with van der Waals surface area (Å²) in [6.07, 6.45) is 1.03. The van der Waals surface area contributed by atoms with Crippen molar-refractivity contribution in [2.45, 2.75) is 225 Å². The van der Waals surface area contributed by atoms with Gasteiger partial charge in [-0.25, -0.2) is 0 Å². The van der Waals surface area contributed by atoms with E-state index >= 15 is 0 Å². The lowest BCUT2D eigenvalue weighted by atomic mass is 10.0. The fourth-order valence-corrected chi connectivity index (χ4v) is 9.41. The van der Waals surface area contributed by atoms with E-state index in [1.54, 1.807) is 0 Å². The maximum atomic E-state index is 13.7. The van der Waals surface area contributed by atoms with Crippen LogP contribution in [0.2, 0.25) is 0 Å². The van der Waals surface area contributed by atoms with Crippen LogP contribution in [0.15, 0.2) is 29.3 Å². The molecular formula is C63H104N20O20S. The Morgan fingerprint density at radius 3 is 0.990 bits per heavy atom. The van der Waals surface area contributed by atoms with Gasteiger partial charge in [-0.2, -0.15) is 0 Å². The highest BCUT2D eigenvalue weighted by Gasteiger charge is 2.34. The Hall–Kier alpha value is -10.6. The SMILES string of the molecule is C[C@H](NC(=O)CCS(C)=O)C(=O)N[C@@H](C)C(=O)N[C@@H](C)C(=O)N[C@@H](C)C(=O)N[C@@H](CCC(=O)O)C(=O)N[C@@H](C)C(=O)N[C@@H](C)C(=O)N[C@@H](C)C(=O)N[C@@H](CCCCN)C(=O)N[C@@H](C)C(=O)N[C@@H](C)C(=O)N[C@@H](C)C(=O)N[C@@H](C)C(=O)N[C@@H](Cc1ccc(O)cc1)C(=O)N[C@@H](CCCN=C(N)N)C(N)=O. The predicted octanol–water partition coefficient (Wildman–Crippen LogP) is -8.27. The second kappa shape index (κ2) is 46.1. The van der Waals surface area contributed by atoms with Crippen molar-refractivity contribution in [3.05, 3.63) is 29.8 Å². The number of primary amides is 1. The first kappa shape index (κ1) is 91.4. The minimum atomic E-state index is -1.60. The highest BCUT2D eigenvalue weighted by atomic mass is 32.2. The average molecular weight is 1490 g/mol. The smallest absolute Gasteiger partial charge is 0.303 e. The third-order valence-electron chi connectivity index (χ3n) is 15.4. The monoisotopic (exact) mass is 1490 g/mol. The van der Waals surface area contributed by atoms with Crippen LogP contribution in [-0.4, -0.2) is 237 Å². The van der Waals surface area contributed by atoms with Gasteiger partial charge in [0.2, 0.25) is 94.5 Å². The van der Waals surface area contributed by atoms with Crippen LogP contribution in [0.1, 0.15) is 133 Å². The van der Waals surface area contributed by atoms with Gasteiger partial charge in [0.15, 0.2) is 5.96 Å². The van der Waals surface area contributed by atoms with Crippen LogP contribution in [0.4, 0.5) is 0 Å². The number of nitrogens with one attached hydrogen (secondary N) is 15. The Morgan fingerprint density at radius 2 is 0.673 bits per heavy atom. The quantitative estimate of drug-likeness (QED) is 0.0164. The molecule has 0 spiro atoms. The first-order chi connectivity index (χ1) is 48.5. The van der Waals surface area contributed by atoms with Crippen LogP contribution < -0.4 is 103 Å². The number of amides is 16. The van der Waals surface area contributed by atoms with Crippen molar-refractivity contribution in [3.8, 4) is 5.75 Å². The molecule has 582 valence electrons. The molecule has 16 amide bonds. The van der Waals surface area contributed by atoms with Crippen molar-refractivity contribution in [1.82, 2.24) is 79.8 Å². The Kier molecular flexibility index (Phi) is 40.5. The van der Waals surface area contributed by atoms with E-state index in [0.29, 0.717) is 18.4 Å². The van der Waals surface area contributed by atoms with Gasteiger partial charge in [-0.3, -0.25) is 90.7 Å². The highest BCUT2D eigenvalue weighted by Crippen LogP contribution is 2.13. The van der Waals surface area contributed by atoms with Crippen LogP contribution in [-0.2, 0) is 98.7 Å². The number of unbranched alkanes of at least 4 members (excludes halogenated alkanes) is 1. The number of phenols is 1. The molecule has 0 aliphatic carbocycles. The minimum Gasteiger partial charge on any atom is -0.508 e. The van der Waals surface area contributed by atoms with Crippen molar-refractivity contribution >= 4 is 117 Å². The summed E-state index contributed by atoms with van der Waals surface area (Å²) in [5.74, 6) is -15.4.